The molecule has 0 unspecified atom stereocenters. The maximum Gasteiger partial charge on any atom is 0.335 e. The normalized spacial score (nSPS) is 9.57. The fraction of sp³-hybridized carbons (Fsp3) is 0.200. The Morgan fingerprint density at radius 1 is 1.57 bits per heavy atom. The molecule has 0 saturated carbocycles. The van der Waals surface area contributed by atoms with Crippen LogP contribution in [0.5, 0.6) is 5.88 Å². The first-order valence-corrected chi connectivity index (χ1v) is 4.00. The highest BCUT2D eigenvalue weighted by molar-refractivity contribution is 6.14. The zero-order valence-electron chi connectivity index (χ0n) is 8.07. The van der Waals surface area contributed by atoms with Crippen molar-refractivity contribution in [1.82, 2.24) is 4.98 Å². The topological polar surface area (TPSA) is 59.4 Å². The van der Waals surface area contributed by atoms with Crippen LogP contribution < -0.4 is 4.74 Å². The van der Waals surface area contributed by atoms with E-state index in [1.54, 1.807) is 19.1 Å². The fourth-order valence-corrected chi connectivity index (χ4v) is 1.04. The number of methoxy groups -OCH3 is 1. The molecule has 1 aromatic heterocycles. The molecule has 0 aliphatic heterocycles. The van der Waals surface area contributed by atoms with Gasteiger partial charge in [-0.05, 0) is 18.6 Å². The van der Waals surface area contributed by atoms with Gasteiger partial charge in [-0.15, -0.1) is 0 Å². The van der Waals surface area contributed by atoms with Gasteiger partial charge in [-0.1, -0.05) is 6.58 Å². The van der Waals surface area contributed by atoms with Gasteiger partial charge in [0.25, 0.3) is 0 Å². The summed E-state index contributed by atoms with van der Waals surface area (Å²) in [7, 11) is 1.48. The number of carbonyl (C=O) groups is 1. The van der Waals surface area contributed by atoms with Crippen LogP contribution in [0.4, 0.5) is 0 Å². The first kappa shape index (κ1) is 10.2. The van der Waals surface area contributed by atoms with Crippen molar-refractivity contribution >= 4 is 11.5 Å². The smallest absolute Gasteiger partial charge is 0.335 e. The minimum atomic E-state index is -1.04. The second-order valence-corrected chi connectivity index (χ2v) is 2.82. The van der Waals surface area contributed by atoms with E-state index in [1.807, 2.05) is 0 Å². The molecule has 0 atom stereocenters. The molecule has 0 aliphatic rings. The maximum absolute atomic E-state index is 10.6. The van der Waals surface area contributed by atoms with Crippen molar-refractivity contribution in [3.8, 4) is 5.88 Å². The number of ether oxygens (including phenoxy) is 1. The maximum atomic E-state index is 10.6. The lowest BCUT2D eigenvalue weighted by molar-refractivity contribution is -0.130. The number of aliphatic carboxylic acids is 1. The molecule has 0 bridgehead atoms. The Bertz CT molecular complexity index is 385. The summed E-state index contributed by atoms with van der Waals surface area (Å²) < 4.78 is 4.92. The van der Waals surface area contributed by atoms with Crippen molar-refractivity contribution in [3.05, 3.63) is 30.0 Å². The van der Waals surface area contributed by atoms with Gasteiger partial charge in [-0.2, -0.15) is 0 Å². The van der Waals surface area contributed by atoms with Crippen LogP contribution in [-0.2, 0) is 4.79 Å². The number of aryl methyl sites for hydroxylation is 1. The first-order chi connectivity index (χ1) is 6.54. The number of hydrogen-bond acceptors (Lipinski definition) is 3. The van der Waals surface area contributed by atoms with Gasteiger partial charge in [0, 0.05) is 11.8 Å². The van der Waals surface area contributed by atoms with E-state index < -0.39 is 5.97 Å². The lowest BCUT2D eigenvalue weighted by Crippen LogP contribution is -2.00. The second kappa shape index (κ2) is 3.91. The monoisotopic (exact) mass is 193 g/mol. The summed E-state index contributed by atoms with van der Waals surface area (Å²) in [6, 6.07) is 3.20. The van der Waals surface area contributed by atoms with Gasteiger partial charge in [0.2, 0.25) is 5.88 Å². The van der Waals surface area contributed by atoms with Gasteiger partial charge in [-0.3, -0.25) is 0 Å². The molecule has 0 spiro atoms. The van der Waals surface area contributed by atoms with E-state index in [0.717, 1.165) is 0 Å². The van der Waals surface area contributed by atoms with Crippen molar-refractivity contribution in [2.24, 2.45) is 0 Å². The molecule has 1 rings (SSSR count). The van der Waals surface area contributed by atoms with E-state index in [-0.39, 0.29) is 5.57 Å². The fourth-order valence-electron chi connectivity index (χ4n) is 1.04. The molecular weight excluding hydrogens is 182 g/mol. The Kier molecular flexibility index (Phi) is 2.86. The zero-order valence-corrected chi connectivity index (χ0v) is 8.07. The van der Waals surface area contributed by atoms with Gasteiger partial charge < -0.3 is 9.84 Å². The number of aromatic nitrogens is 1. The molecule has 4 nitrogen and oxygen atoms in total. The number of pyridine rings is 1. The first-order valence-electron chi connectivity index (χ1n) is 4.00. The van der Waals surface area contributed by atoms with Crippen LogP contribution in [0.2, 0.25) is 0 Å². The van der Waals surface area contributed by atoms with Crippen LogP contribution >= 0.6 is 0 Å². The van der Waals surface area contributed by atoms with E-state index in [0.29, 0.717) is 17.1 Å². The van der Waals surface area contributed by atoms with Crippen LogP contribution in [0.1, 0.15) is 11.3 Å². The highest BCUT2D eigenvalue weighted by Crippen LogP contribution is 2.18. The Balaban J connectivity index is 3.15. The van der Waals surface area contributed by atoms with Crippen molar-refractivity contribution in [2.75, 3.05) is 7.11 Å². The van der Waals surface area contributed by atoms with Crippen LogP contribution in [-0.4, -0.2) is 23.2 Å². The quantitative estimate of drug-likeness (QED) is 0.739. The Morgan fingerprint density at radius 2 is 2.21 bits per heavy atom. The van der Waals surface area contributed by atoms with E-state index >= 15 is 0 Å². The van der Waals surface area contributed by atoms with Crippen molar-refractivity contribution in [1.29, 1.82) is 0 Å². The predicted molar refractivity (Wildman–Crippen MR) is 52.2 cm³/mol. The summed E-state index contributed by atoms with van der Waals surface area (Å²) in [5, 5.41) is 8.73. The molecule has 0 fully saturated rings. The summed E-state index contributed by atoms with van der Waals surface area (Å²) in [4.78, 5) is 14.7. The number of carboxylic acid groups (broad SMARTS) is 1. The third kappa shape index (κ3) is 2.10. The van der Waals surface area contributed by atoms with Crippen LogP contribution in [0.25, 0.3) is 5.57 Å². The van der Waals surface area contributed by atoms with Crippen molar-refractivity contribution in [3.63, 3.8) is 0 Å². The van der Waals surface area contributed by atoms with E-state index in [2.05, 4.69) is 11.6 Å². The molecular formula is C10H11NO3. The summed E-state index contributed by atoms with van der Waals surface area (Å²) >= 11 is 0. The van der Waals surface area contributed by atoms with Crippen LogP contribution in [0.15, 0.2) is 18.7 Å². The molecule has 0 amide bonds. The lowest BCUT2D eigenvalue weighted by Gasteiger charge is -2.05. The molecule has 1 heterocycles. The third-order valence-electron chi connectivity index (χ3n) is 1.75. The van der Waals surface area contributed by atoms with Gasteiger partial charge >= 0.3 is 5.97 Å². The van der Waals surface area contributed by atoms with Gasteiger partial charge in [0.05, 0.1) is 12.7 Å². The summed E-state index contributed by atoms with van der Waals surface area (Å²) in [6.45, 7) is 5.22. The molecule has 0 aromatic carbocycles. The molecule has 1 N–H and O–H groups in total. The summed E-state index contributed by atoms with van der Waals surface area (Å²) in [6.07, 6.45) is 0. The summed E-state index contributed by atoms with van der Waals surface area (Å²) in [5.74, 6) is -0.653. The van der Waals surface area contributed by atoms with Gasteiger partial charge in [-0.25, -0.2) is 9.78 Å². The minimum Gasteiger partial charge on any atom is -0.481 e. The number of rotatable bonds is 3. The highest BCUT2D eigenvalue weighted by atomic mass is 16.5. The third-order valence-corrected chi connectivity index (χ3v) is 1.75. The molecule has 0 aliphatic carbocycles. The zero-order chi connectivity index (χ0) is 10.7. The Hall–Kier alpha value is -1.84. The standard InChI is InChI=1S/C10H11NO3/c1-6-4-8(7(2)10(12)13)5-9(11-6)14-3/h4-5H,2H2,1,3H3,(H,12,13). The largest absolute Gasteiger partial charge is 0.481 e. The highest BCUT2D eigenvalue weighted by Gasteiger charge is 2.09. The van der Waals surface area contributed by atoms with Crippen LogP contribution in [0, 0.1) is 6.92 Å². The van der Waals surface area contributed by atoms with Crippen LogP contribution in [0.3, 0.4) is 0 Å². The average Bonchev–Trinajstić information content (AvgIpc) is 2.15. The molecule has 74 valence electrons. The summed E-state index contributed by atoms with van der Waals surface area (Å²) in [5.41, 5.74) is 1.25. The van der Waals surface area contributed by atoms with E-state index in [4.69, 9.17) is 9.84 Å². The number of hydrogen-bond donors (Lipinski definition) is 1. The van der Waals surface area contributed by atoms with Gasteiger partial charge in [0.15, 0.2) is 0 Å². The second-order valence-electron chi connectivity index (χ2n) is 2.82. The molecule has 0 saturated heterocycles. The number of carboxylic acids is 1. The molecule has 14 heavy (non-hydrogen) atoms. The van der Waals surface area contributed by atoms with E-state index in [1.165, 1.54) is 7.11 Å². The minimum absolute atomic E-state index is 0.0359. The molecule has 1 aromatic rings. The number of nitrogens with zero attached hydrogens (tertiary/aromatic N) is 1. The predicted octanol–water partition coefficient (Wildman–Crippen LogP) is 1.50. The average molecular weight is 193 g/mol. The van der Waals surface area contributed by atoms with Crippen molar-refractivity contribution in [2.45, 2.75) is 6.92 Å². The molecule has 0 radical (unpaired) electrons. The Morgan fingerprint density at radius 3 is 2.71 bits per heavy atom. The SMILES string of the molecule is C=C(C(=O)O)c1cc(C)nc(OC)c1. The van der Waals surface area contributed by atoms with Crippen molar-refractivity contribution < 1.29 is 14.6 Å². The Labute approximate surface area is 81.9 Å². The molecule has 4 heteroatoms. The van der Waals surface area contributed by atoms with Gasteiger partial charge in [0.1, 0.15) is 0 Å². The van der Waals surface area contributed by atoms with E-state index in [9.17, 15) is 4.79 Å². The lowest BCUT2D eigenvalue weighted by atomic mass is 10.1.